The van der Waals surface area contributed by atoms with E-state index in [2.05, 4.69) is 16.8 Å². The number of pyridine rings is 1. The van der Waals surface area contributed by atoms with Crippen LogP contribution in [-0.4, -0.2) is 60.0 Å². The van der Waals surface area contributed by atoms with Gasteiger partial charge in [-0.2, -0.15) is 0 Å². The van der Waals surface area contributed by atoms with Crippen LogP contribution in [0.5, 0.6) is 5.88 Å². The highest BCUT2D eigenvalue weighted by Gasteiger charge is 2.23. The molecule has 2 heterocycles. The van der Waals surface area contributed by atoms with Gasteiger partial charge in [-0.05, 0) is 25.6 Å². The molecule has 0 aromatic carbocycles. The van der Waals surface area contributed by atoms with Gasteiger partial charge >= 0.3 is 0 Å². The molecule has 2 rings (SSSR count). The first-order valence-corrected chi connectivity index (χ1v) is 6.85. The number of hydrogen-bond acceptors (Lipinski definition) is 4. The zero-order valence-corrected chi connectivity index (χ0v) is 11.6. The molecule has 0 atom stereocenters. The molecule has 19 heavy (non-hydrogen) atoms. The summed E-state index contributed by atoms with van der Waals surface area (Å²) in [7, 11) is 0. The number of hydrogen-bond donors (Lipinski definition) is 0. The van der Waals surface area contributed by atoms with Crippen LogP contribution < -0.4 is 4.74 Å². The van der Waals surface area contributed by atoms with Crippen LogP contribution in [0.4, 0.5) is 0 Å². The number of likely N-dealkylation sites (N-methyl/N-ethyl adjacent to an activating group) is 1. The third kappa shape index (κ3) is 3.23. The van der Waals surface area contributed by atoms with Crippen LogP contribution in [0.1, 0.15) is 24.2 Å². The quantitative estimate of drug-likeness (QED) is 0.820. The van der Waals surface area contributed by atoms with Gasteiger partial charge in [0.25, 0.3) is 5.91 Å². The van der Waals surface area contributed by atoms with E-state index in [1.165, 1.54) is 0 Å². The van der Waals surface area contributed by atoms with Crippen molar-refractivity contribution in [1.82, 2.24) is 14.8 Å². The van der Waals surface area contributed by atoms with Crippen molar-refractivity contribution < 1.29 is 9.53 Å². The van der Waals surface area contributed by atoms with Gasteiger partial charge in [0, 0.05) is 32.4 Å². The molecule has 0 bridgehead atoms. The number of carbonyl (C=O) groups is 1. The van der Waals surface area contributed by atoms with Crippen LogP contribution in [0.3, 0.4) is 0 Å². The molecule has 0 N–H and O–H groups in total. The van der Waals surface area contributed by atoms with Crippen molar-refractivity contribution in [2.24, 2.45) is 0 Å². The molecule has 0 aliphatic carbocycles. The lowest BCUT2D eigenvalue weighted by molar-refractivity contribution is 0.0638. The molecule has 1 amide bonds. The van der Waals surface area contributed by atoms with Crippen molar-refractivity contribution in [3.63, 3.8) is 0 Å². The van der Waals surface area contributed by atoms with E-state index in [9.17, 15) is 4.79 Å². The Kier molecular flexibility index (Phi) is 4.74. The third-order valence-electron chi connectivity index (χ3n) is 3.39. The zero-order chi connectivity index (χ0) is 13.7. The smallest absolute Gasteiger partial charge is 0.259 e. The number of rotatable bonds is 4. The van der Waals surface area contributed by atoms with Crippen molar-refractivity contribution in [1.29, 1.82) is 0 Å². The van der Waals surface area contributed by atoms with Crippen molar-refractivity contribution in [3.8, 4) is 5.88 Å². The molecular weight excluding hydrogens is 242 g/mol. The Bertz CT molecular complexity index is 428. The van der Waals surface area contributed by atoms with Crippen LogP contribution in [0.25, 0.3) is 0 Å². The van der Waals surface area contributed by atoms with Gasteiger partial charge in [-0.3, -0.25) is 4.79 Å². The Morgan fingerprint density at radius 2 is 2.05 bits per heavy atom. The van der Waals surface area contributed by atoms with Gasteiger partial charge < -0.3 is 14.5 Å². The lowest BCUT2D eigenvalue weighted by Gasteiger charge is -2.34. The highest BCUT2D eigenvalue weighted by atomic mass is 16.5. The summed E-state index contributed by atoms with van der Waals surface area (Å²) in [5.74, 6) is 0.459. The maximum absolute atomic E-state index is 12.5. The van der Waals surface area contributed by atoms with E-state index in [0.717, 1.165) is 32.7 Å². The van der Waals surface area contributed by atoms with Crippen molar-refractivity contribution >= 4 is 5.91 Å². The molecule has 0 spiro atoms. The normalized spacial score (nSPS) is 16.4. The number of ether oxygens (including phenoxy) is 1. The minimum absolute atomic E-state index is 0.0207. The SMILES string of the molecule is CCOc1ncccc1C(=O)N1CCN(CC)CC1. The Labute approximate surface area is 114 Å². The molecule has 1 saturated heterocycles. The van der Waals surface area contributed by atoms with Crippen LogP contribution in [0, 0.1) is 0 Å². The van der Waals surface area contributed by atoms with Crippen LogP contribution in [0.2, 0.25) is 0 Å². The van der Waals surface area contributed by atoms with Gasteiger partial charge in [-0.15, -0.1) is 0 Å². The van der Waals surface area contributed by atoms with E-state index in [1.54, 1.807) is 18.3 Å². The average Bonchev–Trinajstić information content (AvgIpc) is 2.47. The number of aromatic nitrogens is 1. The second kappa shape index (κ2) is 6.52. The summed E-state index contributed by atoms with van der Waals surface area (Å²) in [6.45, 7) is 9.01. The van der Waals surface area contributed by atoms with Crippen molar-refractivity contribution in [3.05, 3.63) is 23.9 Å². The van der Waals surface area contributed by atoms with Crippen molar-refractivity contribution in [2.45, 2.75) is 13.8 Å². The highest BCUT2D eigenvalue weighted by Crippen LogP contribution is 2.17. The summed E-state index contributed by atoms with van der Waals surface area (Å²) in [4.78, 5) is 20.8. The largest absolute Gasteiger partial charge is 0.477 e. The van der Waals surface area contributed by atoms with E-state index < -0.39 is 0 Å². The van der Waals surface area contributed by atoms with Gasteiger partial charge in [0.05, 0.1) is 6.61 Å². The summed E-state index contributed by atoms with van der Waals surface area (Å²) < 4.78 is 5.42. The monoisotopic (exact) mass is 263 g/mol. The van der Waals surface area contributed by atoms with Gasteiger partial charge in [0.15, 0.2) is 0 Å². The molecule has 104 valence electrons. The standard InChI is InChI=1S/C14H21N3O2/c1-3-16-8-10-17(11-9-16)14(18)12-6-5-7-15-13(12)19-4-2/h5-7H,3-4,8-11H2,1-2H3. The Balaban J connectivity index is 2.07. The average molecular weight is 263 g/mol. The fourth-order valence-corrected chi connectivity index (χ4v) is 2.24. The fraction of sp³-hybridized carbons (Fsp3) is 0.571. The molecule has 1 aliphatic rings. The maximum atomic E-state index is 12.5. The number of amides is 1. The van der Waals surface area contributed by atoms with Gasteiger partial charge in [0.2, 0.25) is 5.88 Å². The molecule has 1 aromatic heterocycles. The minimum atomic E-state index is 0.0207. The van der Waals surface area contributed by atoms with Crippen LogP contribution in [0.15, 0.2) is 18.3 Å². The third-order valence-corrected chi connectivity index (χ3v) is 3.39. The summed E-state index contributed by atoms with van der Waals surface area (Å²) in [6, 6.07) is 3.56. The van der Waals surface area contributed by atoms with E-state index in [0.29, 0.717) is 18.1 Å². The summed E-state index contributed by atoms with van der Waals surface area (Å²) >= 11 is 0. The Hall–Kier alpha value is -1.62. The predicted octanol–water partition coefficient (Wildman–Crippen LogP) is 1.26. The second-order valence-electron chi connectivity index (χ2n) is 4.52. The second-order valence-corrected chi connectivity index (χ2v) is 4.52. The Morgan fingerprint density at radius 1 is 1.32 bits per heavy atom. The van der Waals surface area contributed by atoms with Crippen LogP contribution in [-0.2, 0) is 0 Å². The summed E-state index contributed by atoms with van der Waals surface area (Å²) in [5.41, 5.74) is 0.564. The van der Waals surface area contributed by atoms with Crippen LogP contribution >= 0.6 is 0 Å². The molecule has 0 unspecified atom stereocenters. The molecule has 5 heteroatoms. The fourth-order valence-electron chi connectivity index (χ4n) is 2.24. The van der Waals surface area contributed by atoms with Gasteiger partial charge in [0.1, 0.15) is 5.56 Å². The summed E-state index contributed by atoms with van der Waals surface area (Å²) in [6.07, 6.45) is 1.65. The summed E-state index contributed by atoms with van der Waals surface area (Å²) in [5, 5.41) is 0. The first kappa shape index (κ1) is 13.8. The molecule has 5 nitrogen and oxygen atoms in total. The first-order valence-electron chi connectivity index (χ1n) is 6.85. The molecule has 0 radical (unpaired) electrons. The lowest BCUT2D eigenvalue weighted by atomic mass is 10.2. The minimum Gasteiger partial charge on any atom is -0.477 e. The van der Waals surface area contributed by atoms with E-state index in [1.807, 2.05) is 11.8 Å². The molecule has 1 aromatic rings. The topological polar surface area (TPSA) is 45.7 Å². The highest BCUT2D eigenvalue weighted by molar-refractivity contribution is 5.96. The van der Waals surface area contributed by atoms with Gasteiger partial charge in [-0.1, -0.05) is 6.92 Å². The predicted molar refractivity (Wildman–Crippen MR) is 73.4 cm³/mol. The lowest BCUT2D eigenvalue weighted by Crippen LogP contribution is -2.48. The molecular formula is C14H21N3O2. The molecule has 0 saturated carbocycles. The number of carbonyl (C=O) groups excluding carboxylic acids is 1. The maximum Gasteiger partial charge on any atom is 0.259 e. The van der Waals surface area contributed by atoms with Gasteiger partial charge in [-0.25, -0.2) is 4.98 Å². The van der Waals surface area contributed by atoms with E-state index in [4.69, 9.17) is 4.74 Å². The molecule has 1 fully saturated rings. The Morgan fingerprint density at radius 3 is 2.68 bits per heavy atom. The van der Waals surface area contributed by atoms with E-state index >= 15 is 0 Å². The van der Waals surface area contributed by atoms with E-state index in [-0.39, 0.29) is 5.91 Å². The van der Waals surface area contributed by atoms with Crippen molar-refractivity contribution in [2.75, 3.05) is 39.3 Å². The molecule has 1 aliphatic heterocycles. The number of nitrogens with zero attached hydrogens (tertiary/aromatic N) is 3. The zero-order valence-electron chi connectivity index (χ0n) is 11.6. The first-order chi connectivity index (χ1) is 9.26. The number of piperazine rings is 1.